The van der Waals surface area contributed by atoms with Gasteiger partial charge in [-0.2, -0.15) is 0 Å². The summed E-state index contributed by atoms with van der Waals surface area (Å²) < 4.78 is 0. The Morgan fingerprint density at radius 1 is 1.19 bits per heavy atom. The molecule has 0 amide bonds. The fraction of sp³-hybridized carbons (Fsp3) is 1.00. The molecule has 96 valence electrons. The third kappa shape index (κ3) is 4.86. The summed E-state index contributed by atoms with van der Waals surface area (Å²) in [7, 11) is 0. The summed E-state index contributed by atoms with van der Waals surface area (Å²) >= 11 is 0. The molecule has 1 unspecified atom stereocenters. The van der Waals surface area contributed by atoms with E-state index in [4.69, 9.17) is 0 Å². The molecular formula is C15H31N. The van der Waals surface area contributed by atoms with Gasteiger partial charge in [-0.3, -0.25) is 0 Å². The van der Waals surface area contributed by atoms with Crippen LogP contribution in [0.4, 0.5) is 0 Å². The smallest absolute Gasteiger partial charge is 0.0115 e. The Morgan fingerprint density at radius 3 is 2.31 bits per heavy atom. The topological polar surface area (TPSA) is 12.0 Å². The number of hydrogen-bond donors (Lipinski definition) is 1. The lowest BCUT2D eigenvalue weighted by molar-refractivity contribution is 0.248. The van der Waals surface area contributed by atoms with E-state index < -0.39 is 0 Å². The summed E-state index contributed by atoms with van der Waals surface area (Å²) in [5.41, 5.74) is 0.408. The summed E-state index contributed by atoms with van der Waals surface area (Å²) in [6.07, 6.45) is 10.2. The molecule has 1 fully saturated rings. The first kappa shape index (κ1) is 14.0. The molecule has 0 aromatic rings. The maximum atomic E-state index is 3.65. The molecule has 1 aliphatic carbocycles. The van der Waals surface area contributed by atoms with E-state index >= 15 is 0 Å². The van der Waals surface area contributed by atoms with Crippen LogP contribution in [0, 0.1) is 11.3 Å². The van der Waals surface area contributed by atoms with Crippen molar-refractivity contribution < 1.29 is 0 Å². The molecule has 0 saturated heterocycles. The fourth-order valence-corrected chi connectivity index (χ4v) is 3.00. The second-order valence-electron chi connectivity index (χ2n) is 6.56. The van der Waals surface area contributed by atoms with E-state index in [1.165, 1.54) is 44.9 Å². The second kappa shape index (κ2) is 6.64. The lowest BCUT2D eigenvalue weighted by Gasteiger charge is -2.31. The van der Waals surface area contributed by atoms with Gasteiger partial charge in [0, 0.05) is 6.04 Å². The molecule has 0 aromatic heterocycles. The van der Waals surface area contributed by atoms with Crippen LogP contribution in [-0.4, -0.2) is 12.6 Å². The first-order valence-electron chi connectivity index (χ1n) is 7.27. The van der Waals surface area contributed by atoms with Crippen LogP contribution >= 0.6 is 0 Å². The van der Waals surface area contributed by atoms with E-state index in [0.29, 0.717) is 11.5 Å². The number of rotatable bonds is 6. The van der Waals surface area contributed by atoms with Crippen LogP contribution in [0.5, 0.6) is 0 Å². The first-order chi connectivity index (χ1) is 7.54. The summed E-state index contributed by atoms with van der Waals surface area (Å²) in [4.78, 5) is 0. The molecule has 0 spiro atoms. The molecule has 0 aromatic carbocycles. The molecule has 0 radical (unpaired) electrons. The minimum atomic E-state index is 0.408. The maximum absolute atomic E-state index is 3.65. The molecule has 1 nitrogen and oxygen atoms in total. The van der Waals surface area contributed by atoms with E-state index in [-0.39, 0.29) is 0 Å². The normalized spacial score (nSPS) is 20.2. The van der Waals surface area contributed by atoms with Crippen LogP contribution in [0.25, 0.3) is 0 Å². The summed E-state index contributed by atoms with van der Waals surface area (Å²) in [5.74, 6) is 1.06. The second-order valence-corrected chi connectivity index (χ2v) is 6.56. The molecule has 1 saturated carbocycles. The van der Waals surface area contributed by atoms with Gasteiger partial charge in [0.25, 0.3) is 0 Å². The Bertz CT molecular complexity index is 174. The van der Waals surface area contributed by atoms with E-state index in [9.17, 15) is 0 Å². The highest BCUT2D eigenvalue weighted by Gasteiger charge is 2.23. The van der Waals surface area contributed by atoms with E-state index in [2.05, 4.69) is 33.0 Å². The minimum Gasteiger partial charge on any atom is -0.314 e. The lowest BCUT2D eigenvalue weighted by atomic mass is 9.83. The summed E-state index contributed by atoms with van der Waals surface area (Å²) in [5, 5.41) is 3.65. The Hall–Kier alpha value is -0.0400. The first-order valence-corrected chi connectivity index (χ1v) is 7.27. The van der Waals surface area contributed by atoms with Crippen molar-refractivity contribution in [1.82, 2.24) is 5.32 Å². The summed E-state index contributed by atoms with van der Waals surface area (Å²) in [6, 6.07) is 0.693. The monoisotopic (exact) mass is 225 g/mol. The van der Waals surface area contributed by atoms with Crippen molar-refractivity contribution in [1.29, 1.82) is 0 Å². The van der Waals surface area contributed by atoms with Gasteiger partial charge < -0.3 is 5.32 Å². The molecule has 0 heterocycles. The highest BCUT2D eigenvalue weighted by atomic mass is 14.9. The Labute approximate surface area is 102 Å². The van der Waals surface area contributed by atoms with Crippen molar-refractivity contribution in [2.75, 3.05) is 6.54 Å². The quantitative estimate of drug-likeness (QED) is 0.708. The third-order valence-electron chi connectivity index (χ3n) is 4.08. The Balaban J connectivity index is 2.21. The van der Waals surface area contributed by atoms with Gasteiger partial charge in [0.1, 0.15) is 0 Å². The van der Waals surface area contributed by atoms with Crippen molar-refractivity contribution in [3.63, 3.8) is 0 Å². The van der Waals surface area contributed by atoms with Crippen molar-refractivity contribution >= 4 is 0 Å². The highest BCUT2D eigenvalue weighted by molar-refractivity contribution is 4.80. The molecule has 1 N–H and O–H groups in total. The van der Waals surface area contributed by atoms with Crippen LogP contribution in [0.15, 0.2) is 0 Å². The van der Waals surface area contributed by atoms with Crippen molar-refractivity contribution in [2.45, 2.75) is 78.7 Å². The number of hydrogen-bond acceptors (Lipinski definition) is 1. The molecule has 1 atom stereocenters. The highest BCUT2D eigenvalue weighted by Crippen LogP contribution is 2.30. The van der Waals surface area contributed by atoms with Crippen molar-refractivity contribution in [3.8, 4) is 0 Å². The molecule has 0 aliphatic heterocycles. The largest absolute Gasteiger partial charge is 0.314 e. The van der Waals surface area contributed by atoms with Gasteiger partial charge in [-0.25, -0.2) is 0 Å². The van der Waals surface area contributed by atoms with Crippen LogP contribution in [0.1, 0.15) is 72.6 Å². The molecule has 0 bridgehead atoms. The van der Waals surface area contributed by atoms with Crippen LogP contribution in [-0.2, 0) is 0 Å². The minimum absolute atomic E-state index is 0.408. The fourth-order valence-electron chi connectivity index (χ4n) is 3.00. The lowest BCUT2D eigenvalue weighted by Crippen LogP contribution is -2.40. The molecule has 1 aliphatic rings. The Kier molecular flexibility index (Phi) is 5.82. The van der Waals surface area contributed by atoms with Gasteiger partial charge in [-0.1, -0.05) is 66.2 Å². The van der Waals surface area contributed by atoms with Gasteiger partial charge in [0.05, 0.1) is 0 Å². The zero-order valence-electron chi connectivity index (χ0n) is 11.8. The summed E-state index contributed by atoms with van der Waals surface area (Å²) in [6.45, 7) is 10.4. The number of nitrogens with one attached hydrogen (secondary N) is 1. The average molecular weight is 225 g/mol. The van der Waals surface area contributed by atoms with Gasteiger partial charge >= 0.3 is 0 Å². The molecule has 16 heavy (non-hydrogen) atoms. The molecule has 1 heteroatoms. The van der Waals surface area contributed by atoms with Gasteiger partial charge in [0.2, 0.25) is 0 Å². The van der Waals surface area contributed by atoms with E-state index in [1.54, 1.807) is 0 Å². The van der Waals surface area contributed by atoms with Crippen LogP contribution < -0.4 is 5.32 Å². The predicted molar refractivity (Wildman–Crippen MR) is 72.7 cm³/mol. The van der Waals surface area contributed by atoms with Gasteiger partial charge in [0.15, 0.2) is 0 Å². The third-order valence-corrected chi connectivity index (χ3v) is 4.08. The predicted octanol–water partition coefficient (Wildman–Crippen LogP) is 4.37. The molecule has 1 rings (SSSR count). The average Bonchev–Trinajstić information content (AvgIpc) is 2.67. The Morgan fingerprint density at radius 2 is 1.81 bits per heavy atom. The maximum Gasteiger partial charge on any atom is 0.0115 e. The van der Waals surface area contributed by atoms with Gasteiger partial charge in [-0.15, -0.1) is 0 Å². The zero-order valence-corrected chi connectivity index (χ0v) is 11.8. The van der Waals surface area contributed by atoms with Crippen LogP contribution in [0.3, 0.4) is 0 Å². The van der Waals surface area contributed by atoms with Crippen LogP contribution in [0.2, 0.25) is 0 Å². The van der Waals surface area contributed by atoms with E-state index in [1.807, 2.05) is 0 Å². The van der Waals surface area contributed by atoms with Crippen molar-refractivity contribution in [2.24, 2.45) is 11.3 Å². The standard InChI is InChI=1S/C15H31N/c1-5-16-14(15(2,3)4)12-8-11-13-9-6-7-10-13/h13-14,16H,5-12H2,1-4H3. The SMILES string of the molecule is CCNC(CCCC1CCCC1)C(C)(C)C. The van der Waals surface area contributed by atoms with E-state index in [0.717, 1.165) is 12.5 Å². The molecular weight excluding hydrogens is 194 g/mol. The zero-order chi connectivity index (χ0) is 12.0. The van der Waals surface area contributed by atoms with Crippen molar-refractivity contribution in [3.05, 3.63) is 0 Å². The van der Waals surface area contributed by atoms with Gasteiger partial charge in [-0.05, 0) is 24.3 Å².